The van der Waals surface area contributed by atoms with E-state index in [1.807, 2.05) is 0 Å². The van der Waals surface area contributed by atoms with Gasteiger partial charge in [-0.3, -0.25) is 9.89 Å². The minimum absolute atomic E-state index is 0.00569. The first-order valence-electron chi connectivity index (χ1n) is 5.51. The van der Waals surface area contributed by atoms with E-state index < -0.39 is 5.91 Å². The maximum Gasteiger partial charge on any atom is 0.289 e. The minimum Gasteiger partial charge on any atom is -0.503 e. The molecule has 0 spiro atoms. The number of aromatic hydroxyl groups is 1. The van der Waals surface area contributed by atoms with E-state index in [4.69, 9.17) is 4.74 Å². The molecule has 0 saturated carbocycles. The lowest BCUT2D eigenvalue weighted by atomic mass is 10.2. The molecule has 0 unspecified atom stereocenters. The van der Waals surface area contributed by atoms with Crippen LogP contribution in [-0.2, 0) is 0 Å². The largest absolute Gasteiger partial charge is 0.503 e. The first-order chi connectivity index (χ1) is 9.61. The Labute approximate surface area is 122 Å². The van der Waals surface area contributed by atoms with E-state index in [1.54, 1.807) is 12.1 Å². The van der Waals surface area contributed by atoms with Crippen LogP contribution in [0.2, 0.25) is 0 Å². The van der Waals surface area contributed by atoms with Gasteiger partial charge in [0, 0.05) is 6.20 Å². The molecule has 0 fully saturated rings. The Hall–Kier alpha value is -2.35. The number of H-pyrrole nitrogens is 1. The van der Waals surface area contributed by atoms with Crippen LogP contribution in [0.15, 0.2) is 34.0 Å². The minimum atomic E-state index is -0.399. The van der Waals surface area contributed by atoms with Crippen LogP contribution in [0.25, 0.3) is 0 Å². The fourth-order valence-electron chi connectivity index (χ4n) is 1.43. The molecule has 20 heavy (non-hydrogen) atoms. The molecule has 1 heterocycles. The van der Waals surface area contributed by atoms with Gasteiger partial charge >= 0.3 is 0 Å². The topological polar surface area (TPSA) is 99.6 Å². The Kier molecular flexibility index (Phi) is 4.36. The van der Waals surface area contributed by atoms with Gasteiger partial charge in [0.25, 0.3) is 5.91 Å². The molecule has 0 aliphatic carbocycles. The number of aromatic amines is 1. The molecule has 2 aromatic rings. The summed E-state index contributed by atoms with van der Waals surface area (Å²) in [5, 5.41) is 19.7. The van der Waals surface area contributed by atoms with Gasteiger partial charge in [-0.15, -0.1) is 0 Å². The first-order valence-corrected chi connectivity index (χ1v) is 6.30. The number of phenols is 1. The summed E-state index contributed by atoms with van der Waals surface area (Å²) in [4.78, 5) is 11.6. The number of ether oxygens (including phenoxy) is 1. The summed E-state index contributed by atoms with van der Waals surface area (Å²) < 4.78 is 5.48. The highest BCUT2D eigenvalue weighted by Crippen LogP contribution is 2.34. The monoisotopic (exact) mass is 338 g/mol. The summed E-state index contributed by atoms with van der Waals surface area (Å²) >= 11 is 3.20. The van der Waals surface area contributed by atoms with Crippen LogP contribution in [-0.4, -0.2) is 34.5 Å². The summed E-state index contributed by atoms with van der Waals surface area (Å²) in [5.74, 6) is -0.0876. The number of hydrogen-bond donors (Lipinski definition) is 3. The summed E-state index contributed by atoms with van der Waals surface area (Å²) in [5.41, 5.74) is 3.31. The van der Waals surface area contributed by atoms with Gasteiger partial charge in [-0.2, -0.15) is 10.2 Å². The maximum atomic E-state index is 11.6. The summed E-state index contributed by atoms with van der Waals surface area (Å²) in [6.45, 7) is 0. The summed E-state index contributed by atoms with van der Waals surface area (Å²) in [6, 6.07) is 4.76. The lowest BCUT2D eigenvalue weighted by Gasteiger charge is -2.06. The second-order valence-corrected chi connectivity index (χ2v) is 4.58. The van der Waals surface area contributed by atoms with Gasteiger partial charge in [0.05, 0.1) is 17.8 Å². The Morgan fingerprint density at radius 2 is 2.40 bits per heavy atom. The Balaban J connectivity index is 2.08. The number of halogens is 1. The molecular weight excluding hydrogens is 328 g/mol. The van der Waals surface area contributed by atoms with Gasteiger partial charge in [0.15, 0.2) is 11.5 Å². The number of carbonyl (C=O) groups excluding carboxylic acids is 1. The van der Waals surface area contributed by atoms with E-state index in [2.05, 4.69) is 36.7 Å². The molecule has 104 valence electrons. The van der Waals surface area contributed by atoms with Gasteiger partial charge in [0.2, 0.25) is 0 Å². The highest BCUT2D eigenvalue weighted by atomic mass is 79.9. The van der Waals surface area contributed by atoms with Crippen LogP contribution in [0.1, 0.15) is 16.1 Å². The van der Waals surface area contributed by atoms with E-state index in [1.165, 1.54) is 25.6 Å². The van der Waals surface area contributed by atoms with E-state index in [0.29, 0.717) is 21.5 Å². The standard InChI is InChI=1S/C12H11BrN4O3/c1-20-10-5-7(4-8(13)11(10)18)6-15-17-12(19)9-2-3-14-16-9/h2-6,18H,1H3,(H,14,16)(H,17,19)/b15-6+. The molecule has 7 nitrogen and oxygen atoms in total. The molecule has 8 heteroatoms. The molecule has 0 atom stereocenters. The number of aromatic nitrogens is 2. The Morgan fingerprint density at radius 1 is 1.60 bits per heavy atom. The number of carbonyl (C=O) groups is 1. The molecule has 0 saturated heterocycles. The molecule has 0 aliphatic heterocycles. The van der Waals surface area contributed by atoms with Crippen molar-refractivity contribution in [2.24, 2.45) is 5.10 Å². The second kappa shape index (κ2) is 6.20. The quantitative estimate of drug-likeness (QED) is 0.583. The lowest BCUT2D eigenvalue weighted by Crippen LogP contribution is -2.17. The summed E-state index contributed by atoms with van der Waals surface area (Å²) in [7, 11) is 1.45. The number of benzene rings is 1. The predicted octanol–water partition coefficient (Wildman–Crippen LogP) is 1.65. The third-order valence-electron chi connectivity index (χ3n) is 2.40. The molecule has 1 amide bonds. The highest BCUT2D eigenvalue weighted by Gasteiger charge is 2.08. The smallest absolute Gasteiger partial charge is 0.289 e. The van der Waals surface area contributed by atoms with Crippen molar-refractivity contribution in [2.45, 2.75) is 0 Å². The van der Waals surface area contributed by atoms with Crippen molar-refractivity contribution in [3.05, 3.63) is 40.1 Å². The van der Waals surface area contributed by atoms with Gasteiger partial charge in [0.1, 0.15) is 5.69 Å². The van der Waals surface area contributed by atoms with Crippen molar-refractivity contribution in [3.63, 3.8) is 0 Å². The Morgan fingerprint density at radius 3 is 3.05 bits per heavy atom. The molecule has 2 rings (SSSR count). The molecule has 0 radical (unpaired) electrons. The van der Waals surface area contributed by atoms with Crippen LogP contribution in [0.3, 0.4) is 0 Å². The second-order valence-electron chi connectivity index (χ2n) is 3.72. The van der Waals surface area contributed by atoms with Crippen LogP contribution < -0.4 is 10.2 Å². The average Bonchev–Trinajstić information content (AvgIpc) is 2.96. The fraction of sp³-hybridized carbons (Fsp3) is 0.0833. The number of nitrogens with zero attached hydrogens (tertiary/aromatic N) is 2. The number of methoxy groups -OCH3 is 1. The zero-order chi connectivity index (χ0) is 14.5. The van der Waals surface area contributed by atoms with Crippen molar-refractivity contribution in [1.82, 2.24) is 15.6 Å². The average molecular weight is 339 g/mol. The Bertz CT molecular complexity index is 640. The number of hydrogen-bond acceptors (Lipinski definition) is 5. The number of phenolic OH excluding ortho intramolecular Hbond substituents is 1. The third-order valence-corrected chi connectivity index (χ3v) is 3.00. The SMILES string of the molecule is COc1cc(/C=N/NC(=O)c2ccn[nH]2)cc(Br)c1O. The van der Waals surface area contributed by atoms with Crippen LogP contribution in [0.5, 0.6) is 11.5 Å². The van der Waals surface area contributed by atoms with Crippen molar-refractivity contribution < 1.29 is 14.6 Å². The molecule has 1 aromatic carbocycles. The van der Waals surface area contributed by atoms with Gasteiger partial charge in [-0.1, -0.05) is 0 Å². The van der Waals surface area contributed by atoms with Crippen molar-refractivity contribution >= 4 is 28.1 Å². The van der Waals surface area contributed by atoms with Gasteiger partial charge in [-0.25, -0.2) is 5.43 Å². The van der Waals surface area contributed by atoms with Crippen molar-refractivity contribution in [1.29, 1.82) is 0 Å². The normalized spacial score (nSPS) is 10.7. The zero-order valence-corrected chi connectivity index (χ0v) is 12.0. The lowest BCUT2D eigenvalue weighted by molar-refractivity contribution is 0.0950. The molecule has 0 aliphatic rings. The van der Waals surface area contributed by atoms with Crippen LogP contribution in [0.4, 0.5) is 0 Å². The first kappa shape index (κ1) is 14.1. The molecule has 3 N–H and O–H groups in total. The number of rotatable bonds is 4. The predicted molar refractivity (Wildman–Crippen MR) is 76.0 cm³/mol. The van der Waals surface area contributed by atoms with E-state index in [0.717, 1.165) is 0 Å². The number of hydrazone groups is 1. The van der Waals surface area contributed by atoms with Crippen LogP contribution >= 0.6 is 15.9 Å². The van der Waals surface area contributed by atoms with E-state index in [-0.39, 0.29) is 5.75 Å². The fourth-order valence-corrected chi connectivity index (χ4v) is 1.89. The van der Waals surface area contributed by atoms with Gasteiger partial charge in [-0.05, 0) is 39.7 Å². The zero-order valence-electron chi connectivity index (χ0n) is 10.4. The van der Waals surface area contributed by atoms with E-state index >= 15 is 0 Å². The van der Waals surface area contributed by atoms with Gasteiger partial charge < -0.3 is 9.84 Å². The maximum absolute atomic E-state index is 11.6. The third kappa shape index (κ3) is 3.15. The van der Waals surface area contributed by atoms with E-state index in [9.17, 15) is 9.90 Å². The highest BCUT2D eigenvalue weighted by molar-refractivity contribution is 9.10. The molecular formula is C12H11BrN4O3. The van der Waals surface area contributed by atoms with Crippen molar-refractivity contribution in [3.8, 4) is 11.5 Å². The van der Waals surface area contributed by atoms with Crippen molar-refractivity contribution in [2.75, 3.05) is 7.11 Å². The number of amides is 1. The summed E-state index contributed by atoms with van der Waals surface area (Å²) in [6.07, 6.45) is 2.90. The van der Waals surface area contributed by atoms with Crippen LogP contribution in [0, 0.1) is 0 Å². The molecule has 1 aromatic heterocycles. The number of nitrogens with one attached hydrogen (secondary N) is 2. The molecule has 0 bridgehead atoms.